The van der Waals surface area contributed by atoms with Crippen molar-refractivity contribution in [2.24, 2.45) is 0 Å². The Morgan fingerprint density at radius 2 is 1.93 bits per heavy atom. The zero-order valence-corrected chi connectivity index (χ0v) is 17.5. The van der Waals surface area contributed by atoms with E-state index in [1.54, 1.807) is 4.90 Å². The first-order chi connectivity index (χ1) is 13.3. The van der Waals surface area contributed by atoms with E-state index in [1.807, 2.05) is 38.1 Å². The van der Waals surface area contributed by atoms with Gasteiger partial charge in [0.05, 0.1) is 10.2 Å². The van der Waals surface area contributed by atoms with Crippen molar-refractivity contribution in [1.82, 2.24) is 9.88 Å². The van der Waals surface area contributed by atoms with E-state index in [2.05, 4.69) is 4.98 Å². The number of fused-ring (bicyclic) bond motifs is 1. The summed E-state index contributed by atoms with van der Waals surface area (Å²) in [5, 5.41) is 1.25. The van der Waals surface area contributed by atoms with Crippen molar-refractivity contribution >= 4 is 44.2 Å². The monoisotopic (exact) mass is 421 g/mol. The van der Waals surface area contributed by atoms with Crippen molar-refractivity contribution in [3.05, 3.63) is 52.8 Å². The largest absolute Gasteiger partial charge is 0.484 e. The second kappa shape index (κ2) is 8.86. The van der Waals surface area contributed by atoms with E-state index in [1.165, 1.54) is 35.6 Å². The molecule has 0 spiro atoms. The number of likely N-dealkylation sites (N-methyl/N-ethyl adjacent to an activating group) is 1. The number of anilines is 1. The maximum Gasteiger partial charge on any atom is 0.266 e. The van der Waals surface area contributed by atoms with Gasteiger partial charge in [-0.05, 0) is 63.0 Å². The molecule has 2 aromatic carbocycles. The third-order valence-corrected chi connectivity index (χ3v) is 5.36. The van der Waals surface area contributed by atoms with Crippen LogP contribution >= 0.6 is 22.9 Å². The Labute approximate surface area is 172 Å². The van der Waals surface area contributed by atoms with E-state index in [4.69, 9.17) is 16.3 Å². The summed E-state index contributed by atoms with van der Waals surface area (Å²) in [7, 11) is 3.89. The van der Waals surface area contributed by atoms with Crippen LogP contribution in [0, 0.1) is 12.7 Å². The fourth-order valence-corrected chi connectivity index (χ4v) is 4.10. The lowest BCUT2D eigenvalue weighted by atomic mass is 10.2. The third-order valence-electron chi connectivity index (χ3n) is 4.12. The van der Waals surface area contributed by atoms with Crippen LogP contribution in [0.1, 0.15) is 5.56 Å². The Balaban J connectivity index is 1.82. The Bertz CT molecular complexity index is 975. The van der Waals surface area contributed by atoms with Gasteiger partial charge in [0.2, 0.25) is 0 Å². The summed E-state index contributed by atoms with van der Waals surface area (Å²) in [6.07, 6.45) is 0. The summed E-state index contributed by atoms with van der Waals surface area (Å²) < 4.78 is 19.5. The van der Waals surface area contributed by atoms with Crippen molar-refractivity contribution in [2.45, 2.75) is 6.92 Å². The lowest BCUT2D eigenvalue weighted by Gasteiger charge is -2.22. The van der Waals surface area contributed by atoms with E-state index in [0.717, 1.165) is 15.8 Å². The van der Waals surface area contributed by atoms with Crippen LogP contribution in [0.4, 0.5) is 9.52 Å². The first kappa shape index (κ1) is 20.5. The van der Waals surface area contributed by atoms with Gasteiger partial charge in [0.15, 0.2) is 11.7 Å². The average molecular weight is 422 g/mol. The molecule has 0 atom stereocenters. The van der Waals surface area contributed by atoms with Gasteiger partial charge in [0.1, 0.15) is 11.6 Å². The minimum atomic E-state index is -0.352. The van der Waals surface area contributed by atoms with Gasteiger partial charge in [-0.15, -0.1) is 0 Å². The molecule has 0 aliphatic rings. The highest BCUT2D eigenvalue weighted by atomic mass is 35.5. The number of hydrogen-bond acceptors (Lipinski definition) is 5. The maximum absolute atomic E-state index is 13.0. The molecule has 0 radical (unpaired) electrons. The van der Waals surface area contributed by atoms with E-state index in [9.17, 15) is 9.18 Å². The van der Waals surface area contributed by atoms with Gasteiger partial charge < -0.3 is 9.64 Å². The second-order valence-electron chi connectivity index (χ2n) is 6.66. The van der Waals surface area contributed by atoms with Crippen molar-refractivity contribution < 1.29 is 13.9 Å². The van der Waals surface area contributed by atoms with Crippen LogP contribution in [0.2, 0.25) is 5.02 Å². The summed E-state index contributed by atoms with van der Waals surface area (Å²) in [5.41, 5.74) is 1.80. The number of nitrogens with zero attached hydrogens (tertiary/aromatic N) is 3. The van der Waals surface area contributed by atoms with Gasteiger partial charge in [0, 0.05) is 18.1 Å². The molecule has 0 bridgehead atoms. The van der Waals surface area contributed by atoms with E-state index >= 15 is 0 Å². The van der Waals surface area contributed by atoms with Crippen molar-refractivity contribution in [2.75, 3.05) is 38.7 Å². The first-order valence-corrected chi connectivity index (χ1v) is 9.93. The van der Waals surface area contributed by atoms with Crippen molar-refractivity contribution in [3.8, 4) is 5.75 Å². The number of carbonyl (C=O) groups excluding carboxylic acids is 1. The zero-order chi connectivity index (χ0) is 20.3. The lowest BCUT2D eigenvalue weighted by molar-refractivity contribution is -0.120. The topological polar surface area (TPSA) is 45.7 Å². The number of thiazole rings is 1. The van der Waals surface area contributed by atoms with Crippen LogP contribution in [0.15, 0.2) is 36.4 Å². The number of aryl methyl sites for hydroxylation is 1. The highest BCUT2D eigenvalue weighted by molar-refractivity contribution is 7.22. The number of aromatic nitrogens is 1. The highest BCUT2D eigenvalue weighted by Crippen LogP contribution is 2.33. The normalized spacial score (nSPS) is 11.2. The molecule has 3 rings (SSSR count). The van der Waals surface area contributed by atoms with Gasteiger partial charge in [0.25, 0.3) is 5.91 Å². The molecule has 0 saturated heterocycles. The van der Waals surface area contributed by atoms with Crippen LogP contribution in [-0.2, 0) is 4.79 Å². The standard InChI is InChI=1S/C20H21ClFN3O2S/c1-13-10-14(21)11-17-19(13)23-20(28-17)25(9-8-24(2)3)18(26)12-27-16-6-4-15(22)5-7-16/h4-7,10-11H,8-9,12H2,1-3H3. The van der Waals surface area contributed by atoms with Crippen LogP contribution in [-0.4, -0.2) is 49.6 Å². The molecule has 0 saturated carbocycles. The number of ether oxygens (including phenoxy) is 1. The van der Waals surface area contributed by atoms with Crippen LogP contribution in [0.5, 0.6) is 5.75 Å². The number of rotatable bonds is 7. The summed E-state index contributed by atoms with van der Waals surface area (Å²) >= 11 is 7.57. The third kappa shape index (κ3) is 4.98. The maximum atomic E-state index is 13.0. The predicted octanol–water partition coefficient (Wildman–Crippen LogP) is 4.37. The van der Waals surface area contributed by atoms with E-state index in [-0.39, 0.29) is 18.3 Å². The Morgan fingerprint density at radius 1 is 1.21 bits per heavy atom. The summed E-state index contributed by atoms with van der Waals surface area (Å²) in [6, 6.07) is 9.30. The van der Waals surface area contributed by atoms with Crippen molar-refractivity contribution in [1.29, 1.82) is 0 Å². The Hall–Kier alpha value is -2.22. The molecule has 1 amide bonds. The molecule has 8 heteroatoms. The predicted molar refractivity (Wildman–Crippen MR) is 112 cm³/mol. The van der Waals surface area contributed by atoms with Gasteiger partial charge in [-0.25, -0.2) is 9.37 Å². The molecule has 0 N–H and O–H groups in total. The number of halogens is 2. The molecule has 1 heterocycles. The summed E-state index contributed by atoms with van der Waals surface area (Å²) in [4.78, 5) is 21.2. The molecule has 1 aromatic heterocycles. The molecule has 148 valence electrons. The summed E-state index contributed by atoms with van der Waals surface area (Å²) in [5.74, 6) is -0.127. The Morgan fingerprint density at radius 3 is 2.61 bits per heavy atom. The molecular weight excluding hydrogens is 401 g/mol. The molecule has 3 aromatic rings. The highest BCUT2D eigenvalue weighted by Gasteiger charge is 2.21. The van der Waals surface area contributed by atoms with E-state index in [0.29, 0.717) is 29.0 Å². The Kier molecular flexibility index (Phi) is 6.49. The quantitative estimate of drug-likeness (QED) is 0.568. The minimum absolute atomic E-state index is 0.158. The van der Waals surface area contributed by atoms with Gasteiger partial charge in [-0.1, -0.05) is 22.9 Å². The van der Waals surface area contributed by atoms with Crippen LogP contribution < -0.4 is 9.64 Å². The van der Waals surface area contributed by atoms with E-state index < -0.39 is 0 Å². The molecule has 5 nitrogen and oxygen atoms in total. The molecule has 0 fully saturated rings. The zero-order valence-electron chi connectivity index (χ0n) is 15.9. The van der Waals surface area contributed by atoms with Gasteiger partial charge in [-0.3, -0.25) is 9.69 Å². The SMILES string of the molecule is Cc1cc(Cl)cc2sc(N(CCN(C)C)C(=O)COc3ccc(F)cc3)nc12. The van der Waals surface area contributed by atoms with Crippen LogP contribution in [0.25, 0.3) is 10.2 Å². The fourth-order valence-electron chi connectivity index (χ4n) is 2.64. The van der Waals surface area contributed by atoms with Crippen LogP contribution in [0.3, 0.4) is 0 Å². The summed E-state index contributed by atoms with van der Waals surface area (Å²) in [6.45, 7) is 2.94. The number of amides is 1. The molecule has 28 heavy (non-hydrogen) atoms. The number of hydrogen-bond donors (Lipinski definition) is 0. The molecular formula is C20H21ClFN3O2S. The smallest absolute Gasteiger partial charge is 0.266 e. The fraction of sp³-hybridized carbons (Fsp3) is 0.300. The number of benzene rings is 2. The second-order valence-corrected chi connectivity index (χ2v) is 8.10. The molecule has 0 aliphatic carbocycles. The average Bonchev–Trinajstić information content (AvgIpc) is 3.05. The molecule has 0 unspecified atom stereocenters. The van der Waals surface area contributed by atoms with Crippen molar-refractivity contribution in [3.63, 3.8) is 0 Å². The van der Waals surface area contributed by atoms with Gasteiger partial charge >= 0.3 is 0 Å². The lowest BCUT2D eigenvalue weighted by Crippen LogP contribution is -2.39. The minimum Gasteiger partial charge on any atom is -0.484 e. The first-order valence-electron chi connectivity index (χ1n) is 8.73. The number of carbonyl (C=O) groups is 1. The molecule has 0 aliphatic heterocycles. The van der Waals surface area contributed by atoms with Gasteiger partial charge in [-0.2, -0.15) is 0 Å².